The molecule has 1 saturated heterocycles. The van der Waals surface area contributed by atoms with Crippen LogP contribution < -0.4 is 0 Å². The Morgan fingerprint density at radius 3 is 2.73 bits per heavy atom. The summed E-state index contributed by atoms with van der Waals surface area (Å²) in [6, 6.07) is 0. The minimum atomic E-state index is 0.394. The summed E-state index contributed by atoms with van der Waals surface area (Å²) in [6.45, 7) is 2.08. The Labute approximate surface area is 67.4 Å². The van der Waals surface area contributed by atoms with Gasteiger partial charge in [-0.05, 0) is 31.6 Å². The Bertz CT molecular complexity index is 209. The first-order valence-electron chi connectivity index (χ1n) is 4.70. The number of epoxide rings is 1. The monoisotopic (exact) mass is 150 g/mol. The summed E-state index contributed by atoms with van der Waals surface area (Å²) in [6.07, 6.45) is 9.15. The van der Waals surface area contributed by atoms with Gasteiger partial charge in [0.2, 0.25) is 0 Å². The molecule has 2 saturated carbocycles. The number of ether oxygens (including phenoxy) is 1. The molecule has 0 bridgehead atoms. The first-order valence-corrected chi connectivity index (χ1v) is 4.70. The van der Waals surface area contributed by atoms with Gasteiger partial charge in [-0.3, -0.25) is 0 Å². The lowest BCUT2D eigenvalue weighted by molar-refractivity contribution is 0.342. The van der Waals surface area contributed by atoms with Crippen LogP contribution in [0.25, 0.3) is 0 Å². The summed E-state index contributed by atoms with van der Waals surface area (Å²) in [4.78, 5) is 0. The Kier molecular flexibility index (Phi) is 0.972. The highest BCUT2D eigenvalue weighted by atomic mass is 16.6. The minimum absolute atomic E-state index is 0.394. The van der Waals surface area contributed by atoms with Gasteiger partial charge in [0.1, 0.15) is 11.7 Å². The summed E-state index contributed by atoms with van der Waals surface area (Å²) < 4.78 is 5.74. The molecule has 0 aromatic rings. The predicted molar refractivity (Wildman–Crippen MR) is 43.2 cm³/mol. The van der Waals surface area contributed by atoms with E-state index in [-0.39, 0.29) is 0 Å². The average molecular weight is 150 g/mol. The van der Waals surface area contributed by atoms with Gasteiger partial charge in [0.15, 0.2) is 0 Å². The Morgan fingerprint density at radius 1 is 1.36 bits per heavy atom. The van der Waals surface area contributed by atoms with Crippen LogP contribution in [0.4, 0.5) is 0 Å². The highest BCUT2D eigenvalue weighted by Crippen LogP contribution is 2.73. The molecule has 1 heterocycles. The van der Waals surface area contributed by atoms with E-state index in [0.29, 0.717) is 11.7 Å². The zero-order valence-electron chi connectivity index (χ0n) is 6.92. The van der Waals surface area contributed by atoms with Gasteiger partial charge < -0.3 is 4.74 Å². The minimum Gasteiger partial charge on any atom is -0.361 e. The topological polar surface area (TPSA) is 12.5 Å². The third-order valence-corrected chi connectivity index (χ3v) is 3.65. The third-order valence-electron chi connectivity index (χ3n) is 3.65. The molecule has 3 aliphatic rings. The van der Waals surface area contributed by atoms with Crippen molar-refractivity contribution in [2.45, 2.75) is 37.9 Å². The van der Waals surface area contributed by atoms with Crippen LogP contribution in [0.15, 0.2) is 12.2 Å². The van der Waals surface area contributed by atoms with Crippen molar-refractivity contribution < 1.29 is 4.74 Å². The van der Waals surface area contributed by atoms with E-state index in [9.17, 15) is 0 Å². The van der Waals surface area contributed by atoms with Crippen LogP contribution in [-0.2, 0) is 4.74 Å². The smallest absolute Gasteiger partial charge is 0.106 e. The average Bonchev–Trinajstić information content (AvgIpc) is 2.78. The zero-order valence-corrected chi connectivity index (χ0v) is 6.92. The van der Waals surface area contributed by atoms with E-state index in [1.165, 1.54) is 19.3 Å². The first-order chi connectivity index (χ1) is 5.39. The fourth-order valence-corrected chi connectivity index (χ4v) is 3.09. The molecule has 0 amide bonds. The van der Waals surface area contributed by atoms with Gasteiger partial charge in [0, 0.05) is 0 Å². The van der Waals surface area contributed by atoms with E-state index in [0.717, 1.165) is 11.8 Å². The van der Waals surface area contributed by atoms with Crippen LogP contribution >= 0.6 is 0 Å². The normalized spacial score (nSPS) is 58.8. The van der Waals surface area contributed by atoms with Crippen molar-refractivity contribution in [3.63, 3.8) is 0 Å². The summed E-state index contributed by atoms with van der Waals surface area (Å²) >= 11 is 0. The van der Waals surface area contributed by atoms with Crippen LogP contribution in [0, 0.1) is 11.8 Å². The van der Waals surface area contributed by atoms with Crippen LogP contribution in [0.5, 0.6) is 0 Å². The molecule has 60 valence electrons. The molecule has 1 heteroatoms. The summed E-state index contributed by atoms with van der Waals surface area (Å²) in [5.74, 6) is 1.90. The van der Waals surface area contributed by atoms with Crippen molar-refractivity contribution in [3.05, 3.63) is 12.2 Å². The molecule has 1 aliphatic heterocycles. The summed E-state index contributed by atoms with van der Waals surface area (Å²) in [5.41, 5.74) is 0.394. The highest BCUT2D eigenvalue weighted by molar-refractivity contribution is 5.32. The number of rotatable bonds is 1. The fourth-order valence-electron chi connectivity index (χ4n) is 3.09. The molecule has 1 spiro atoms. The van der Waals surface area contributed by atoms with Crippen molar-refractivity contribution in [2.24, 2.45) is 11.8 Å². The maximum Gasteiger partial charge on any atom is 0.106 e. The van der Waals surface area contributed by atoms with Crippen LogP contribution in [0.3, 0.4) is 0 Å². The van der Waals surface area contributed by atoms with Crippen molar-refractivity contribution >= 4 is 0 Å². The van der Waals surface area contributed by atoms with Gasteiger partial charge >= 0.3 is 0 Å². The largest absolute Gasteiger partial charge is 0.361 e. The molecule has 0 N–H and O–H groups in total. The van der Waals surface area contributed by atoms with Crippen molar-refractivity contribution in [1.29, 1.82) is 0 Å². The van der Waals surface area contributed by atoms with Crippen LogP contribution in [0.2, 0.25) is 0 Å². The molecule has 0 aromatic carbocycles. The number of allylic oxidation sites excluding steroid dienone is 1. The van der Waals surface area contributed by atoms with Gasteiger partial charge in [-0.25, -0.2) is 0 Å². The van der Waals surface area contributed by atoms with Crippen molar-refractivity contribution in [1.82, 2.24) is 0 Å². The molecule has 3 rings (SSSR count). The second kappa shape index (κ2) is 1.71. The molecule has 11 heavy (non-hydrogen) atoms. The molecule has 2 aliphatic carbocycles. The molecule has 0 aromatic heterocycles. The summed E-state index contributed by atoms with van der Waals surface area (Å²) in [7, 11) is 0. The van der Waals surface area contributed by atoms with Gasteiger partial charge in [-0.15, -0.1) is 0 Å². The van der Waals surface area contributed by atoms with Gasteiger partial charge in [-0.2, -0.15) is 0 Å². The van der Waals surface area contributed by atoms with Crippen molar-refractivity contribution in [3.8, 4) is 0 Å². The SMILES string of the molecule is CC=CC1OC12C1CCCC12. The Morgan fingerprint density at radius 2 is 2.09 bits per heavy atom. The second-order valence-electron chi connectivity index (χ2n) is 4.06. The number of fused-ring (bicyclic) bond motifs is 3. The molecule has 3 unspecified atom stereocenters. The Balaban J connectivity index is 1.75. The van der Waals surface area contributed by atoms with Gasteiger partial charge in [0.05, 0.1) is 0 Å². The lowest BCUT2D eigenvalue weighted by atomic mass is 10.1. The predicted octanol–water partition coefficient (Wildman–Crippen LogP) is 2.13. The molecule has 3 atom stereocenters. The molecule has 3 fully saturated rings. The van der Waals surface area contributed by atoms with E-state index >= 15 is 0 Å². The zero-order chi connectivity index (χ0) is 7.47. The van der Waals surface area contributed by atoms with E-state index in [4.69, 9.17) is 4.74 Å². The maximum absolute atomic E-state index is 5.74. The first kappa shape index (κ1) is 6.24. The number of hydrogen-bond donors (Lipinski definition) is 0. The molecule has 1 nitrogen and oxygen atoms in total. The van der Waals surface area contributed by atoms with E-state index in [1.807, 2.05) is 0 Å². The van der Waals surface area contributed by atoms with E-state index < -0.39 is 0 Å². The summed E-state index contributed by atoms with van der Waals surface area (Å²) in [5, 5.41) is 0. The molecular weight excluding hydrogens is 136 g/mol. The lowest BCUT2D eigenvalue weighted by Crippen LogP contribution is -1.98. The maximum atomic E-state index is 5.74. The van der Waals surface area contributed by atoms with Crippen molar-refractivity contribution in [2.75, 3.05) is 0 Å². The van der Waals surface area contributed by atoms with Gasteiger partial charge in [-0.1, -0.05) is 18.6 Å². The highest BCUT2D eigenvalue weighted by Gasteiger charge is 2.80. The third kappa shape index (κ3) is 0.572. The Hall–Kier alpha value is -0.300. The standard InChI is InChI=1S/C10H14O/c1-2-4-9-10(11-9)7-5-3-6-8(7)10/h2,4,7-9H,3,5-6H2,1H3. The lowest BCUT2D eigenvalue weighted by Gasteiger charge is -1.92. The molecule has 0 radical (unpaired) electrons. The van der Waals surface area contributed by atoms with Gasteiger partial charge in [0.25, 0.3) is 0 Å². The quantitative estimate of drug-likeness (QED) is 0.412. The second-order valence-corrected chi connectivity index (χ2v) is 4.06. The van der Waals surface area contributed by atoms with Crippen LogP contribution in [-0.4, -0.2) is 11.7 Å². The van der Waals surface area contributed by atoms with E-state index in [2.05, 4.69) is 19.1 Å². The number of hydrogen-bond acceptors (Lipinski definition) is 1. The van der Waals surface area contributed by atoms with Crippen LogP contribution in [0.1, 0.15) is 26.2 Å². The fraction of sp³-hybridized carbons (Fsp3) is 0.800. The molecular formula is C10H14O. The van der Waals surface area contributed by atoms with E-state index in [1.54, 1.807) is 0 Å².